The van der Waals surface area contributed by atoms with E-state index in [2.05, 4.69) is 50.4 Å². The Morgan fingerprint density at radius 1 is 1.25 bits per heavy atom. The van der Waals surface area contributed by atoms with Gasteiger partial charge < -0.3 is 10.2 Å². The molecule has 1 atom stereocenters. The number of hydrogen-bond acceptors (Lipinski definition) is 3. The molecule has 1 aliphatic heterocycles. The summed E-state index contributed by atoms with van der Waals surface area (Å²) in [5, 5.41) is 2.99. The molecule has 0 aromatic heterocycles. The molecule has 5 heteroatoms. The molecule has 0 aliphatic carbocycles. The largest absolute Gasteiger partial charge is 0.355 e. The minimum atomic E-state index is 0.0566. The molecule has 1 N–H and O–H groups in total. The number of benzene rings is 1. The quantitative estimate of drug-likeness (QED) is 0.832. The molecule has 0 unspecified atom stereocenters. The predicted octanol–water partition coefficient (Wildman–Crippen LogP) is 3.06. The van der Waals surface area contributed by atoms with E-state index in [1.807, 2.05) is 4.90 Å². The second kappa shape index (κ2) is 8.06. The molecule has 132 valence electrons. The van der Waals surface area contributed by atoms with Gasteiger partial charge in [0.1, 0.15) is 0 Å². The Morgan fingerprint density at radius 2 is 1.92 bits per heavy atom. The van der Waals surface area contributed by atoms with Gasteiger partial charge in [0, 0.05) is 31.5 Å². The average molecular weight is 349 g/mol. The molecule has 0 bridgehead atoms. The van der Waals surface area contributed by atoms with E-state index in [0.717, 1.165) is 24.4 Å². The fourth-order valence-corrected chi connectivity index (χ4v) is 3.52. The molecule has 0 spiro atoms. The first-order valence-corrected chi connectivity index (χ1v) is 9.50. The smallest absolute Gasteiger partial charge is 0.230 e. The molecule has 1 saturated heterocycles. The van der Waals surface area contributed by atoms with Crippen LogP contribution in [0.25, 0.3) is 0 Å². The first-order chi connectivity index (χ1) is 11.3. The maximum Gasteiger partial charge on any atom is 0.230 e. The van der Waals surface area contributed by atoms with Gasteiger partial charge in [-0.2, -0.15) is 0 Å². The van der Waals surface area contributed by atoms with E-state index in [1.54, 1.807) is 18.7 Å². The van der Waals surface area contributed by atoms with Crippen molar-refractivity contribution < 1.29 is 9.59 Å². The number of carbonyl (C=O) groups is 2. The molecule has 0 radical (unpaired) electrons. The zero-order chi connectivity index (χ0) is 17.7. The van der Waals surface area contributed by atoms with Crippen molar-refractivity contribution in [2.24, 2.45) is 5.92 Å². The van der Waals surface area contributed by atoms with Gasteiger partial charge in [-0.1, -0.05) is 32.9 Å². The molecule has 1 aromatic carbocycles. The Balaban J connectivity index is 1.71. The first-order valence-electron chi connectivity index (χ1n) is 8.51. The van der Waals surface area contributed by atoms with Crippen molar-refractivity contribution in [3.63, 3.8) is 0 Å². The molecule has 0 saturated carbocycles. The molecule has 24 heavy (non-hydrogen) atoms. The van der Waals surface area contributed by atoms with Gasteiger partial charge in [0.05, 0.1) is 5.75 Å². The summed E-state index contributed by atoms with van der Waals surface area (Å²) in [5.74, 6) is 0.992. The van der Waals surface area contributed by atoms with Gasteiger partial charge in [0.15, 0.2) is 0 Å². The number of thioether (sulfide) groups is 1. The zero-order valence-corrected chi connectivity index (χ0v) is 15.9. The van der Waals surface area contributed by atoms with Crippen LogP contribution in [-0.2, 0) is 15.0 Å². The van der Waals surface area contributed by atoms with Crippen molar-refractivity contribution in [1.82, 2.24) is 10.2 Å². The predicted molar refractivity (Wildman–Crippen MR) is 99.2 cm³/mol. The van der Waals surface area contributed by atoms with E-state index in [-0.39, 0.29) is 17.2 Å². The summed E-state index contributed by atoms with van der Waals surface area (Å²) < 4.78 is 0. The number of amides is 2. The topological polar surface area (TPSA) is 49.4 Å². The van der Waals surface area contributed by atoms with Crippen LogP contribution in [0.3, 0.4) is 0 Å². The number of carbonyl (C=O) groups excluding carboxylic acids is 2. The fraction of sp³-hybridized carbons (Fsp3) is 0.579. The third-order valence-corrected chi connectivity index (χ3v) is 5.42. The monoisotopic (exact) mass is 348 g/mol. The summed E-state index contributed by atoms with van der Waals surface area (Å²) in [4.78, 5) is 26.3. The number of nitrogens with one attached hydrogen (secondary N) is 1. The van der Waals surface area contributed by atoms with E-state index in [1.165, 1.54) is 5.56 Å². The second-order valence-corrected chi connectivity index (χ2v) is 8.54. The van der Waals surface area contributed by atoms with E-state index >= 15 is 0 Å². The van der Waals surface area contributed by atoms with Crippen LogP contribution in [0.1, 0.15) is 39.7 Å². The number of likely N-dealkylation sites (tertiary alicyclic amines) is 1. The SMILES string of the molecule is CC(=O)N1CC[C@@H](CNC(=O)CSc2ccc(C(C)(C)C)cc2)C1. The highest BCUT2D eigenvalue weighted by Gasteiger charge is 2.24. The molecule has 1 aliphatic rings. The van der Waals surface area contributed by atoms with Crippen molar-refractivity contribution in [1.29, 1.82) is 0 Å². The molecule has 1 aromatic rings. The number of rotatable bonds is 5. The lowest BCUT2D eigenvalue weighted by Crippen LogP contribution is -2.33. The maximum atomic E-state index is 12.0. The van der Waals surface area contributed by atoms with Crippen LogP contribution in [0.2, 0.25) is 0 Å². The molecular weight excluding hydrogens is 320 g/mol. The first kappa shape index (κ1) is 18.8. The van der Waals surface area contributed by atoms with E-state index < -0.39 is 0 Å². The third kappa shape index (κ3) is 5.55. The van der Waals surface area contributed by atoms with Crippen LogP contribution in [0.5, 0.6) is 0 Å². The van der Waals surface area contributed by atoms with Crippen LogP contribution in [0.4, 0.5) is 0 Å². The van der Waals surface area contributed by atoms with Crippen molar-refractivity contribution in [2.45, 2.75) is 44.4 Å². The Labute approximate surface area is 149 Å². The van der Waals surface area contributed by atoms with Crippen molar-refractivity contribution in [3.05, 3.63) is 29.8 Å². The number of hydrogen-bond donors (Lipinski definition) is 1. The third-order valence-electron chi connectivity index (χ3n) is 4.41. The maximum absolute atomic E-state index is 12.0. The van der Waals surface area contributed by atoms with Crippen LogP contribution in [0, 0.1) is 5.92 Å². The Bertz CT molecular complexity index is 578. The van der Waals surface area contributed by atoms with Gasteiger partial charge in [-0.05, 0) is 35.4 Å². The summed E-state index contributed by atoms with van der Waals surface area (Å²) in [6.07, 6.45) is 0.973. The van der Waals surface area contributed by atoms with Gasteiger partial charge in [-0.3, -0.25) is 9.59 Å². The van der Waals surface area contributed by atoms with Crippen LogP contribution >= 0.6 is 11.8 Å². The van der Waals surface area contributed by atoms with Crippen LogP contribution in [-0.4, -0.2) is 42.1 Å². The molecular formula is C19H28N2O2S. The lowest BCUT2D eigenvalue weighted by atomic mass is 9.87. The van der Waals surface area contributed by atoms with E-state index in [9.17, 15) is 9.59 Å². The normalized spacial score (nSPS) is 17.8. The standard InChI is InChI=1S/C19H28N2O2S/c1-14(22)21-10-9-15(12-21)11-20-18(23)13-24-17-7-5-16(6-8-17)19(2,3)4/h5-8,15H,9-13H2,1-4H3,(H,20,23)/t15-/m0/s1. The molecule has 2 amide bonds. The second-order valence-electron chi connectivity index (χ2n) is 7.49. The lowest BCUT2D eigenvalue weighted by molar-refractivity contribution is -0.127. The fourth-order valence-electron chi connectivity index (χ4n) is 2.79. The van der Waals surface area contributed by atoms with Gasteiger partial charge in [-0.15, -0.1) is 11.8 Å². The molecule has 1 heterocycles. The summed E-state index contributed by atoms with van der Waals surface area (Å²) in [7, 11) is 0. The van der Waals surface area contributed by atoms with Gasteiger partial charge in [-0.25, -0.2) is 0 Å². The average Bonchev–Trinajstić information content (AvgIpc) is 3.00. The summed E-state index contributed by atoms with van der Waals surface area (Å²) in [6, 6.07) is 8.44. The van der Waals surface area contributed by atoms with Gasteiger partial charge >= 0.3 is 0 Å². The van der Waals surface area contributed by atoms with Gasteiger partial charge in [0.2, 0.25) is 11.8 Å². The lowest BCUT2D eigenvalue weighted by Gasteiger charge is -2.19. The highest BCUT2D eigenvalue weighted by Crippen LogP contribution is 2.25. The Morgan fingerprint density at radius 3 is 2.46 bits per heavy atom. The summed E-state index contributed by atoms with van der Waals surface area (Å²) >= 11 is 1.56. The molecule has 2 rings (SSSR count). The summed E-state index contributed by atoms with van der Waals surface area (Å²) in [6.45, 7) is 10.4. The van der Waals surface area contributed by atoms with E-state index in [4.69, 9.17) is 0 Å². The Kier molecular flexibility index (Phi) is 6.33. The Hall–Kier alpha value is -1.49. The van der Waals surface area contributed by atoms with E-state index in [0.29, 0.717) is 18.2 Å². The highest BCUT2D eigenvalue weighted by molar-refractivity contribution is 8.00. The highest BCUT2D eigenvalue weighted by atomic mass is 32.2. The van der Waals surface area contributed by atoms with Crippen molar-refractivity contribution in [3.8, 4) is 0 Å². The van der Waals surface area contributed by atoms with Crippen molar-refractivity contribution in [2.75, 3.05) is 25.4 Å². The number of nitrogens with zero attached hydrogens (tertiary/aromatic N) is 1. The summed E-state index contributed by atoms with van der Waals surface area (Å²) in [5.41, 5.74) is 1.45. The zero-order valence-electron chi connectivity index (χ0n) is 15.1. The minimum absolute atomic E-state index is 0.0566. The molecule has 4 nitrogen and oxygen atoms in total. The van der Waals surface area contributed by atoms with Crippen LogP contribution in [0.15, 0.2) is 29.2 Å². The van der Waals surface area contributed by atoms with Crippen LogP contribution < -0.4 is 5.32 Å². The molecule has 1 fully saturated rings. The van der Waals surface area contributed by atoms with Gasteiger partial charge in [0.25, 0.3) is 0 Å². The van der Waals surface area contributed by atoms with Crippen molar-refractivity contribution >= 4 is 23.6 Å². The minimum Gasteiger partial charge on any atom is -0.355 e.